The van der Waals surface area contributed by atoms with E-state index in [0.717, 1.165) is 23.2 Å². The molecule has 0 saturated heterocycles. The third-order valence-corrected chi connectivity index (χ3v) is 3.87. The molecular formula is C20H19NO2. The number of furan rings is 1. The van der Waals surface area contributed by atoms with Crippen LogP contribution in [0.2, 0.25) is 0 Å². The lowest BCUT2D eigenvalue weighted by molar-refractivity contribution is 0.102. The summed E-state index contributed by atoms with van der Waals surface area (Å²) in [6.45, 7) is 3.88. The van der Waals surface area contributed by atoms with E-state index in [1.807, 2.05) is 61.5 Å². The first kappa shape index (κ1) is 15.1. The fourth-order valence-electron chi connectivity index (χ4n) is 2.59. The Bertz CT molecular complexity index is 819. The second kappa shape index (κ2) is 6.53. The molecule has 3 nitrogen and oxygen atoms in total. The van der Waals surface area contributed by atoms with Gasteiger partial charge in [-0.25, -0.2) is 0 Å². The molecule has 3 aromatic rings. The predicted molar refractivity (Wildman–Crippen MR) is 92.7 cm³/mol. The van der Waals surface area contributed by atoms with E-state index in [1.165, 1.54) is 0 Å². The first-order valence-corrected chi connectivity index (χ1v) is 7.74. The summed E-state index contributed by atoms with van der Waals surface area (Å²) >= 11 is 0. The molecule has 0 aliphatic carbocycles. The highest BCUT2D eigenvalue weighted by Gasteiger charge is 2.16. The molecule has 0 aliphatic heterocycles. The van der Waals surface area contributed by atoms with Gasteiger partial charge in [-0.3, -0.25) is 4.79 Å². The van der Waals surface area contributed by atoms with Gasteiger partial charge in [0.15, 0.2) is 0 Å². The van der Waals surface area contributed by atoms with Crippen LogP contribution in [0.3, 0.4) is 0 Å². The number of hydrogen-bond acceptors (Lipinski definition) is 2. The molecule has 0 spiro atoms. The van der Waals surface area contributed by atoms with Gasteiger partial charge in [-0.2, -0.15) is 0 Å². The zero-order chi connectivity index (χ0) is 16.2. The second-order valence-electron chi connectivity index (χ2n) is 5.41. The number of rotatable bonds is 4. The summed E-state index contributed by atoms with van der Waals surface area (Å²) in [7, 11) is 0. The quantitative estimate of drug-likeness (QED) is 0.731. The van der Waals surface area contributed by atoms with Gasteiger partial charge in [0.05, 0.1) is 5.56 Å². The Kier molecular flexibility index (Phi) is 4.29. The molecule has 1 heterocycles. The summed E-state index contributed by atoms with van der Waals surface area (Å²) in [5.41, 5.74) is 3.49. The molecule has 0 atom stereocenters. The van der Waals surface area contributed by atoms with E-state index >= 15 is 0 Å². The average Bonchev–Trinajstić information content (AvgIpc) is 2.98. The summed E-state index contributed by atoms with van der Waals surface area (Å²) in [5.74, 6) is 1.18. The normalized spacial score (nSPS) is 10.5. The fraction of sp³-hybridized carbons (Fsp3) is 0.150. The molecule has 0 fully saturated rings. The number of carbonyl (C=O) groups is 1. The van der Waals surface area contributed by atoms with Crippen LogP contribution in [0, 0.1) is 6.92 Å². The van der Waals surface area contributed by atoms with Gasteiger partial charge >= 0.3 is 0 Å². The number of nitrogens with one attached hydrogen (secondary N) is 1. The van der Waals surface area contributed by atoms with E-state index in [0.29, 0.717) is 17.1 Å². The highest BCUT2D eigenvalue weighted by atomic mass is 16.3. The molecule has 0 saturated carbocycles. The van der Waals surface area contributed by atoms with Crippen molar-refractivity contribution in [1.29, 1.82) is 0 Å². The average molecular weight is 305 g/mol. The third-order valence-electron chi connectivity index (χ3n) is 3.87. The maximum Gasteiger partial charge on any atom is 0.259 e. The van der Waals surface area contributed by atoms with Gasteiger partial charge in [-0.05, 0) is 31.0 Å². The Balaban J connectivity index is 1.87. The highest BCUT2D eigenvalue weighted by Crippen LogP contribution is 2.26. The molecule has 0 radical (unpaired) electrons. The van der Waals surface area contributed by atoms with Crippen LogP contribution in [0.5, 0.6) is 0 Å². The van der Waals surface area contributed by atoms with Crippen molar-refractivity contribution in [3.63, 3.8) is 0 Å². The number of carbonyl (C=O) groups excluding carboxylic acids is 1. The molecule has 0 unspecified atom stereocenters. The van der Waals surface area contributed by atoms with Crippen LogP contribution >= 0.6 is 0 Å². The van der Waals surface area contributed by atoms with Crippen LogP contribution in [0.4, 0.5) is 5.69 Å². The maximum absolute atomic E-state index is 12.6. The van der Waals surface area contributed by atoms with Crippen LogP contribution in [-0.2, 0) is 6.42 Å². The largest absolute Gasteiger partial charge is 0.461 e. The third kappa shape index (κ3) is 3.19. The topological polar surface area (TPSA) is 42.2 Å². The second-order valence-corrected chi connectivity index (χ2v) is 5.41. The van der Waals surface area contributed by atoms with Crippen LogP contribution in [0.1, 0.15) is 28.6 Å². The van der Waals surface area contributed by atoms with Crippen molar-refractivity contribution in [1.82, 2.24) is 0 Å². The van der Waals surface area contributed by atoms with E-state index in [1.54, 1.807) is 6.07 Å². The smallest absolute Gasteiger partial charge is 0.259 e. The lowest BCUT2D eigenvalue weighted by atomic mass is 10.1. The van der Waals surface area contributed by atoms with Crippen molar-refractivity contribution in [3.05, 3.63) is 77.6 Å². The van der Waals surface area contributed by atoms with E-state index in [9.17, 15) is 4.79 Å². The molecule has 0 aliphatic rings. The SMILES string of the molecule is CCc1ccccc1NC(=O)c1cc(-c2ccccc2)oc1C. The summed E-state index contributed by atoms with van der Waals surface area (Å²) in [5, 5.41) is 2.98. The number of para-hydroxylation sites is 1. The Morgan fingerprint density at radius 2 is 1.74 bits per heavy atom. The van der Waals surface area contributed by atoms with E-state index in [2.05, 4.69) is 12.2 Å². The molecule has 3 rings (SSSR count). The minimum absolute atomic E-state index is 0.144. The molecule has 1 amide bonds. The van der Waals surface area contributed by atoms with E-state index in [4.69, 9.17) is 4.42 Å². The number of benzene rings is 2. The molecule has 3 heteroatoms. The summed E-state index contributed by atoms with van der Waals surface area (Å²) in [6, 6.07) is 19.4. The Morgan fingerprint density at radius 1 is 1.04 bits per heavy atom. The molecule has 0 bridgehead atoms. The molecule has 1 N–H and O–H groups in total. The lowest BCUT2D eigenvalue weighted by Crippen LogP contribution is -2.13. The monoisotopic (exact) mass is 305 g/mol. The van der Waals surface area contributed by atoms with Crippen molar-refractivity contribution in [2.75, 3.05) is 5.32 Å². The van der Waals surface area contributed by atoms with Crippen molar-refractivity contribution < 1.29 is 9.21 Å². The molecule has 1 aromatic heterocycles. The standard InChI is InChI=1S/C20H19NO2/c1-3-15-9-7-8-12-18(15)21-20(22)17-13-19(23-14(17)2)16-10-5-4-6-11-16/h4-13H,3H2,1-2H3,(H,21,22). The number of aryl methyl sites for hydroxylation is 2. The Labute approximate surface area is 136 Å². The van der Waals surface area contributed by atoms with Crippen LogP contribution in [0.25, 0.3) is 11.3 Å². The first-order chi connectivity index (χ1) is 11.2. The Morgan fingerprint density at radius 3 is 2.48 bits per heavy atom. The van der Waals surface area contributed by atoms with E-state index in [-0.39, 0.29) is 5.91 Å². The zero-order valence-electron chi connectivity index (χ0n) is 13.3. The molecule has 23 heavy (non-hydrogen) atoms. The predicted octanol–water partition coefficient (Wildman–Crippen LogP) is 5.07. The first-order valence-electron chi connectivity index (χ1n) is 7.74. The van der Waals surface area contributed by atoms with Gasteiger partial charge in [-0.15, -0.1) is 0 Å². The zero-order valence-corrected chi connectivity index (χ0v) is 13.3. The Hall–Kier alpha value is -2.81. The summed E-state index contributed by atoms with van der Waals surface area (Å²) < 4.78 is 5.76. The number of hydrogen-bond donors (Lipinski definition) is 1. The molecular weight excluding hydrogens is 286 g/mol. The van der Waals surface area contributed by atoms with Crippen LogP contribution in [-0.4, -0.2) is 5.91 Å². The van der Waals surface area contributed by atoms with Crippen molar-refractivity contribution in [2.45, 2.75) is 20.3 Å². The van der Waals surface area contributed by atoms with E-state index < -0.39 is 0 Å². The van der Waals surface area contributed by atoms with Gasteiger partial charge < -0.3 is 9.73 Å². The fourth-order valence-corrected chi connectivity index (χ4v) is 2.59. The summed E-state index contributed by atoms with van der Waals surface area (Å²) in [6.07, 6.45) is 0.871. The van der Waals surface area contributed by atoms with Crippen molar-refractivity contribution in [2.24, 2.45) is 0 Å². The maximum atomic E-state index is 12.6. The van der Waals surface area contributed by atoms with Gasteiger partial charge in [-0.1, -0.05) is 55.5 Å². The lowest BCUT2D eigenvalue weighted by Gasteiger charge is -2.08. The highest BCUT2D eigenvalue weighted by molar-refractivity contribution is 6.06. The molecule has 2 aromatic carbocycles. The van der Waals surface area contributed by atoms with Crippen LogP contribution in [0.15, 0.2) is 65.1 Å². The van der Waals surface area contributed by atoms with Gasteiger partial charge in [0.2, 0.25) is 0 Å². The van der Waals surface area contributed by atoms with Crippen molar-refractivity contribution >= 4 is 11.6 Å². The number of anilines is 1. The van der Waals surface area contributed by atoms with Gasteiger partial charge in [0.1, 0.15) is 11.5 Å². The van der Waals surface area contributed by atoms with Gasteiger partial charge in [0, 0.05) is 11.3 Å². The minimum Gasteiger partial charge on any atom is -0.461 e. The van der Waals surface area contributed by atoms with Crippen molar-refractivity contribution in [3.8, 4) is 11.3 Å². The number of amides is 1. The van der Waals surface area contributed by atoms with Crippen LogP contribution < -0.4 is 5.32 Å². The van der Waals surface area contributed by atoms with Gasteiger partial charge in [0.25, 0.3) is 5.91 Å². The minimum atomic E-state index is -0.144. The summed E-state index contributed by atoms with van der Waals surface area (Å²) in [4.78, 5) is 12.6. The molecule has 116 valence electrons.